The molecule has 3 unspecified atom stereocenters. The van der Waals surface area contributed by atoms with E-state index in [0.29, 0.717) is 18.0 Å². The van der Waals surface area contributed by atoms with E-state index in [1.165, 1.54) is 6.42 Å². The number of hydrogen-bond acceptors (Lipinski definition) is 5. The molecule has 1 aromatic rings. The molecule has 0 saturated carbocycles. The minimum atomic E-state index is -0.0108. The first-order chi connectivity index (χ1) is 7.72. The van der Waals surface area contributed by atoms with Gasteiger partial charge >= 0.3 is 6.01 Å². The third kappa shape index (κ3) is 1.59. The Morgan fingerprint density at radius 1 is 1.50 bits per heavy atom. The SMILES string of the molecule is Cc1nnc(NC(=O)C2CC3CCC2N3)o1. The molecule has 3 rings (SSSR count). The van der Waals surface area contributed by atoms with Gasteiger partial charge in [0.1, 0.15) is 0 Å². The minimum absolute atomic E-state index is 0.0108. The maximum atomic E-state index is 11.9. The van der Waals surface area contributed by atoms with Crippen molar-refractivity contribution in [1.82, 2.24) is 15.5 Å². The summed E-state index contributed by atoms with van der Waals surface area (Å²) in [6.45, 7) is 1.70. The highest BCUT2D eigenvalue weighted by Gasteiger charge is 2.42. The van der Waals surface area contributed by atoms with E-state index in [9.17, 15) is 4.79 Å². The molecule has 2 N–H and O–H groups in total. The number of amides is 1. The number of carbonyl (C=O) groups excluding carboxylic acids is 1. The molecule has 0 radical (unpaired) electrons. The summed E-state index contributed by atoms with van der Waals surface area (Å²) in [5, 5.41) is 13.5. The Balaban J connectivity index is 1.65. The molecule has 3 heterocycles. The van der Waals surface area contributed by atoms with Gasteiger partial charge in [0.2, 0.25) is 11.8 Å². The average molecular weight is 222 g/mol. The summed E-state index contributed by atoms with van der Waals surface area (Å²) in [5.41, 5.74) is 0. The molecule has 6 nitrogen and oxygen atoms in total. The summed E-state index contributed by atoms with van der Waals surface area (Å²) in [6.07, 6.45) is 3.20. The second kappa shape index (κ2) is 3.55. The zero-order valence-corrected chi connectivity index (χ0v) is 9.06. The predicted molar refractivity (Wildman–Crippen MR) is 55.7 cm³/mol. The first-order valence-electron chi connectivity index (χ1n) is 5.59. The van der Waals surface area contributed by atoms with Crippen molar-refractivity contribution in [2.45, 2.75) is 38.3 Å². The molecule has 2 fully saturated rings. The zero-order chi connectivity index (χ0) is 11.1. The largest absolute Gasteiger partial charge is 0.408 e. The van der Waals surface area contributed by atoms with Gasteiger partial charge in [0.25, 0.3) is 0 Å². The van der Waals surface area contributed by atoms with Crippen LogP contribution in [0.25, 0.3) is 0 Å². The lowest BCUT2D eigenvalue weighted by Gasteiger charge is -2.17. The van der Waals surface area contributed by atoms with Gasteiger partial charge in [0, 0.05) is 19.0 Å². The Kier molecular flexibility index (Phi) is 2.17. The predicted octanol–water partition coefficient (Wildman–Crippen LogP) is 0.457. The number of aryl methyl sites for hydroxylation is 1. The number of aromatic nitrogens is 2. The van der Waals surface area contributed by atoms with Crippen molar-refractivity contribution in [3.63, 3.8) is 0 Å². The van der Waals surface area contributed by atoms with Crippen molar-refractivity contribution in [2.75, 3.05) is 5.32 Å². The second-order valence-electron chi connectivity index (χ2n) is 4.51. The van der Waals surface area contributed by atoms with Gasteiger partial charge in [-0.15, -0.1) is 5.10 Å². The van der Waals surface area contributed by atoms with Crippen molar-refractivity contribution >= 4 is 11.9 Å². The number of nitrogens with one attached hydrogen (secondary N) is 2. The molecule has 2 saturated heterocycles. The zero-order valence-electron chi connectivity index (χ0n) is 9.06. The maximum Gasteiger partial charge on any atom is 0.322 e. The molecule has 2 bridgehead atoms. The van der Waals surface area contributed by atoms with E-state index in [2.05, 4.69) is 20.8 Å². The fraction of sp³-hybridized carbons (Fsp3) is 0.700. The molecule has 86 valence electrons. The van der Waals surface area contributed by atoms with E-state index in [-0.39, 0.29) is 17.8 Å². The topological polar surface area (TPSA) is 80.0 Å². The van der Waals surface area contributed by atoms with Crippen LogP contribution in [0.2, 0.25) is 0 Å². The molecular weight excluding hydrogens is 208 g/mol. The number of carbonyl (C=O) groups is 1. The lowest BCUT2D eigenvalue weighted by Crippen LogP contribution is -2.32. The van der Waals surface area contributed by atoms with Crippen molar-refractivity contribution in [3.8, 4) is 0 Å². The number of rotatable bonds is 2. The van der Waals surface area contributed by atoms with Crippen LogP contribution in [0.3, 0.4) is 0 Å². The molecule has 1 amide bonds. The Morgan fingerprint density at radius 2 is 2.38 bits per heavy atom. The maximum absolute atomic E-state index is 11.9. The van der Waals surface area contributed by atoms with Gasteiger partial charge in [0.05, 0.1) is 5.92 Å². The van der Waals surface area contributed by atoms with E-state index < -0.39 is 0 Å². The number of anilines is 1. The monoisotopic (exact) mass is 222 g/mol. The smallest absolute Gasteiger partial charge is 0.322 e. The van der Waals surface area contributed by atoms with Crippen LogP contribution in [-0.2, 0) is 4.79 Å². The van der Waals surface area contributed by atoms with Crippen molar-refractivity contribution in [1.29, 1.82) is 0 Å². The van der Waals surface area contributed by atoms with E-state index in [1.807, 2.05) is 0 Å². The highest BCUT2D eigenvalue weighted by molar-refractivity contribution is 5.91. The standard InChI is InChI=1S/C10H14N4O2/c1-5-13-14-10(16-5)12-9(15)7-4-6-2-3-8(7)11-6/h6-8,11H,2-4H2,1H3,(H,12,14,15). The molecule has 2 aliphatic rings. The highest BCUT2D eigenvalue weighted by Crippen LogP contribution is 2.33. The number of hydrogen-bond donors (Lipinski definition) is 2. The molecule has 16 heavy (non-hydrogen) atoms. The highest BCUT2D eigenvalue weighted by atomic mass is 16.4. The van der Waals surface area contributed by atoms with Crippen LogP contribution in [0.1, 0.15) is 25.2 Å². The molecular formula is C10H14N4O2. The first-order valence-corrected chi connectivity index (χ1v) is 5.59. The quantitative estimate of drug-likeness (QED) is 0.759. The van der Waals surface area contributed by atoms with Gasteiger partial charge in [0.15, 0.2) is 0 Å². The van der Waals surface area contributed by atoms with E-state index in [4.69, 9.17) is 4.42 Å². The Bertz CT molecular complexity index is 417. The van der Waals surface area contributed by atoms with Crippen LogP contribution in [0, 0.1) is 12.8 Å². The third-order valence-corrected chi connectivity index (χ3v) is 3.39. The number of nitrogens with zero attached hydrogens (tertiary/aromatic N) is 2. The van der Waals surface area contributed by atoms with Gasteiger partial charge < -0.3 is 9.73 Å². The summed E-state index contributed by atoms with van der Waals surface area (Å²) in [5.74, 6) is 0.496. The summed E-state index contributed by atoms with van der Waals surface area (Å²) < 4.78 is 5.12. The van der Waals surface area contributed by atoms with Crippen LogP contribution in [-0.4, -0.2) is 28.2 Å². The Morgan fingerprint density at radius 3 is 2.94 bits per heavy atom. The van der Waals surface area contributed by atoms with Crippen molar-refractivity contribution < 1.29 is 9.21 Å². The third-order valence-electron chi connectivity index (χ3n) is 3.39. The minimum Gasteiger partial charge on any atom is -0.408 e. The molecule has 3 atom stereocenters. The fourth-order valence-corrected chi connectivity index (χ4v) is 2.66. The van der Waals surface area contributed by atoms with E-state index in [0.717, 1.165) is 12.8 Å². The molecule has 0 aliphatic carbocycles. The molecule has 1 aromatic heterocycles. The summed E-state index contributed by atoms with van der Waals surface area (Å²) >= 11 is 0. The van der Waals surface area contributed by atoms with Crippen LogP contribution in [0.5, 0.6) is 0 Å². The lowest BCUT2D eigenvalue weighted by atomic mass is 9.88. The van der Waals surface area contributed by atoms with Crippen molar-refractivity contribution in [2.24, 2.45) is 5.92 Å². The average Bonchev–Trinajstić information content (AvgIpc) is 2.93. The molecule has 6 heteroatoms. The van der Waals surface area contributed by atoms with E-state index in [1.54, 1.807) is 6.92 Å². The second-order valence-corrected chi connectivity index (χ2v) is 4.51. The van der Waals surface area contributed by atoms with Gasteiger partial charge in [-0.3, -0.25) is 10.1 Å². The van der Waals surface area contributed by atoms with Gasteiger partial charge in [-0.25, -0.2) is 0 Å². The summed E-state index contributed by atoms with van der Waals surface area (Å²) in [7, 11) is 0. The van der Waals surface area contributed by atoms with Crippen LogP contribution in [0.15, 0.2) is 4.42 Å². The van der Waals surface area contributed by atoms with Crippen LogP contribution in [0.4, 0.5) is 6.01 Å². The van der Waals surface area contributed by atoms with Crippen molar-refractivity contribution in [3.05, 3.63) is 5.89 Å². The Hall–Kier alpha value is -1.43. The normalized spacial score (nSPS) is 31.9. The number of fused-ring (bicyclic) bond motifs is 2. The van der Waals surface area contributed by atoms with Gasteiger partial charge in [-0.05, 0) is 19.3 Å². The molecule has 0 aromatic carbocycles. The molecule has 2 aliphatic heterocycles. The van der Waals surface area contributed by atoms with Gasteiger partial charge in [-0.2, -0.15) is 0 Å². The Labute approximate surface area is 92.8 Å². The van der Waals surface area contributed by atoms with Crippen LogP contribution < -0.4 is 10.6 Å². The first kappa shape index (κ1) is 9.77. The molecule has 0 spiro atoms. The summed E-state index contributed by atoms with van der Waals surface area (Å²) in [6, 6.07) is 1.05. The van der Waals surface area contributed by atoms with Crippen LogP contribution >= 0.6 is 0 Å². The van der Waals surface area contributed by atoms with Gasteiger partial charge in [-0.1, -0.05) is 5.10 Å². The summed E-state index contributed by atoms with van der Waals surface area (Å²) in [4.78, 5) is 11.9. The van der Waals surface area contributed by atoms with E-state index >= 15 is 0 Å². The fourth-order valence-electron chi connectivity index (χ4n) is 2.66. The lowest BCUT2D eigenvalue weighted by molar-refractivity contribution is -0.120.